The van der Waals surface area contributed by atoms with Crippen molar-refractivity contribution in [2.45, 2.75) is 13.5 Å². The third-order valence-electron chi connectivity index (χ3n) is 2.64. The van der Waals surface area contributed by atoms with Crippen molar-refractivity contribution in [3.8, 4) is 0 Å². The highest BCUT2D eigenvalue weighted by Gasteiger charge is 2.09. The van der Waals surface area contributed by atoms with Crippen molar-refractivity contribution in [1.29, 1.82) is 0 Å². The molecule has 0 radical (unpaired) electrons. The maximum absolute atomic E-state index is 12.0. The van der Waals surface area contributed by atoms with E-state index in [2.05, 4.69) is 4.98 Å². The van der Waals surface area contributed by atoms with Crippen LogP contribution in [0.2, 0.25) is 0 Å². The molecule has 0 bridgehead atoms. The summed E-state index contributed by atoms with van der Waals surface area (Å²) in [6, 6.07) is 10.0. The molecular formula is C13H12N2O3. The summed E-state index contributed by atoms with van der Waals surface area (Å²) in [5, 5.41) is 0. The molecule has 5 heteroatoms. The standard InChI is InChI=1S/C13H12N2O3/c1-9-7-12(17)14-13(18)15(9)8-11(16)10-5-3-2-4-6-10/h2-7H,8H2,1H3,(H,14,17,18). The summed E-state index contributed by atoms with van der Waals surface area (Å²) in [4.78, 5) is 36.7. The zero-order chi connectivity index (χ0) is 13.1. The SMILES string of the molecule is Cc1cc(=O)[nH]c(=O)n1CC(=O)c1ccccc1. The number of benzene rings is 1. The van der Waals surface area contributed by atoms with E-state index in [0.29, 0.717) is 11.3 Å². The van der Waals surface area contributed by atoms with Gasteiger partial charge < -0.3 is 0 Å². The number of carbonyl (C=O) groups excluding carboxylic acids is 1. The van der Waals surface area contributed by atoms with Crippen LogP contribution in [0.5, 0.6) is 0 Å². The van der Waals surface area contributed by atoms with E-state index in [9.17, 15) is 14.4 Å². The van der Waals surface area contributed by atoms with E-state index in [0.717, 1.165) is 0 Å². The summed E-state index contributed by atoms with van der Waals surface area (Å²) in [5.41, 5.74) is -0.0202. The summed E-state index contributed by atoms with van der Waals surface area (Å²) in [7, 11) is 0. The number of ketones is 1. The second-order valence-electron chi connectivity index (χ2n) is 3.96. The van der Waals surface area contributed by atoms with Gasteiger partial charge in [-0.15, -0.1) is 0 Å². The van der Waals surface area contributed by atoms with Gasteiger partial charge in [-0.3, -0.25) is 19.1 Å². The summed E-state index contributed by atoms with van der Waals surface area (Å²) in [6.45, 7) is 1.54. The topological polar surface area (TPSA) is 71.9 Å². The van der Waals surface area contributed by atoms with Crippen molar-refractivity contribution in [3.63, 3.8) is 0 Å². The molecule has 0 aliphatic carbocycles. The number of Topliss-reactive ketones (excluding diaryl/α,β-unsaturated/α-hetero) is 1. The lowest BCUT2D eigenvalue weighted by molar-refractivity contribution is 0.0969. The van der Waals surface area contributed by atoms with Crippen LogP contribution in [0.25, 0.3) is 0 Å². The minimum atomic E-state index is -0.565. The molecule has 0 saturated carbocycles. The lowest BCUT2D eigenvalue weighted by Gasteiger charge is -2.07. The van der Waals surface area contributed by atoms with Crippen molar-refractivity contribution < 1.29 is 4.79 Å². The minimum Gasteiger partial charge on any atom is -0.292 e. The van der Waals surface area contributed by atoms with E-state index < -0.39 is 11.2 Å². The lowest BCUT2D eigenvalue weighted by atomic mass is 10.1. The van der Waals surface area contributed by atoms with E-state index >= 15 is 0 Å². The zero-order valence-corrected chi connectivity index (χ0v) is 9.84. The number of rotatable bonds is 3. The molecule has 1 aromatic carbocycles. The van der Waals surface area contributed by atoms with Crippen molar-refractivity contribution in [1.82, 2.24) is 9.55 Å². The first-order chi connectivity index (χ1) is 8.58. The first-order valence-electron chi connectivity index (χ1n) is 5.47. The second kappa shape index (κ2) is 4.83. The first kappa shape index (κ1) is 12.0. The van der Waals surface area contributed by atoms with Crippen LogP contribution in [-0.2, 0) is 6.54 Å². The van der Waals surface area contributed by atoms with E-state index in [1.165, 1.54) is 10.6 Å². The number of aromatic amines is 1. The third-order valence-corrected chi connectivity index (χ3v) is 2.64. The molecule has 0 atom stereocenters. The van der Waals surface area contributed by atoms with E-state index in [-0.39, 0.29) is 12.3 Å². The molecule has 2 rings (SSSR count). The molecule has 0 unspecified atom stereocenters. The minimum absolute atomic E-state index is 0.0779. The highest BCUT2D eigenvalue weighted by Crippen LogP contribution is 2.02. The fourth-order valence-corrected chi connectivity index (χ4v) is 1.69. The Balaban J connectivity index is 2.34. The molecule has 1 aromatic heterocycles. The normalized spacial score (nSPS) is 10.3. The highest BCUT2D eigenvalue weighted by molar-refractivity contribution is 5.95. The Bertz CT molecular complexity index is 683. The summed E-state index contributed by atoms with van der Waals surface area (Å²) < 4.78 is 1.25. The lowest BCUT2D eigenvalue weighted by Crippen LogP contribution is -2.33. The van der Waals surface area contributed by atoms with Gasteiger partial charge in [0.25, 0.3) is 5.56 Å². The summed E-state index contributed by atoms with van der Waals surface area (Å²) in [5.74, 6) is -0.173. The van der Waals surface area contributed by atoms with Gasteiger partial charge in [0, 0.05) is 17.3 Å². The van der Waals surface area contributed by atoms with E-state index in [4.69, 9.17) is 0 Å². The average molecular weight is 244 g/mol. The third kappa shape index (κ3) is 2.45. The number of hydrogen-bond acceptors (Lipinski definition) is 3. The number of H-pyrrole nitrogens is 1. The smallest absolute Gasteiger partial charge is 0.292 e. The van der Waals surface area contributed by atoms with Gasteiger partial charge in [0.2, 0.25) is 0 Å². The Hall–Kier alpha value is -2.43. The van der Waals surface area contributed by atoms with Crippen LogP contribution in [-0.4, -0.2) is 15.3 Å². The van der Waals surface area contributed by atoms with Gasteiger partial charge in [0.15, 0.2) is 5.78 Å². The molecule has 92 valence electrons. The molecule has 18 heavy (non-hydrogen) atoms. The van der Waals surface area contributed by atoms with E-state index in [1.807, 2.05) is 6.07 Å². The molecule has 1 N–H and O–H groups in total. The number of aromatic nitrogens is 2. The van der Waals surface area contributed by atoms with Gasteiger partial charge in [-0.05, 0) is 6.92 Å². The van der Waals surface area contributed by atoms with Crippen LogP contribution in [0.15, 0.2) is 46.0 Å². The Kier molecular flexibility index (Phi) is 3.23. The number of aryl methyl sites for hydroxylation is 1. The maximum atomic E-state index is 12.0. The fraction of sp³-hybridized carbons (Fsp3) is 0.154. The van der Waals surface area contributed by atoms with Gasteiger partial charge in [-0.1, -0.05) is 30.3 Å². The molecule has 0 amide bonds. The van der Waals surface area contributed by atoms with Gasteiger partial charge >= 0.3 is 5.69 Å². The molecule has 2 aromatic rings. The van der Waals surface area contributed by atoms with Crippen LogP contribution in [0, 0.1) is 6.92 Å². The molecule has 0 spiro atoms. The van der Waals surface area contributed by atoms with Crippen molar-refractivity contribution in [3.05, 3.63) is 68.5 Å². The summed E-state index contributed by atoms with van der Waals surface area (Å²) in [6.07, 6.45) is 0. The predicted molar refractivity (Wildman–Crippen MR) is 66.8 cm³/mol. The Morgan fingerprint density at radius 2 is 1.89 bits per heavy atom. The van der Waals surface area contributed by atoms with Crippen molar-refractivity contribution in [2.24, 2.45) is 0 Å². The number of nitrogens with zero attached hydrogens (tertiary/aromatic N) is 1. The fourth-order valence-electron chi connectivity index (χ4n) is 1.69. The average Bonchev–Trinajstić information content (AvgIpc) is 2.34. The van der Waals surface area contributed by atoms with Crippen molar-refractivity contribution >= 4 is 5.78 Å². The quantitative estimate of drug-likeness (QED) is 0.809. The number of nitrogens with one attached hydrogen (secondary N) is 1. The molecule has 1 heterocycles. The molecular weight excluding hydrogens is 232 g/mol. The molecule has 0 aliphatic rings. The number of carbonyl (C=O) groups is 1. The summed E-state index contributed by atoms with van der Waals surface area (Å²) >= 11 is 0. The highest BCUT2D eigenvalue weighted by atomic mass is 16.2. The van der Waals surface area contributed by atoms with E-state index in [1.54, 1.807) is 31.2 Å². The Labute approximate surface area is 103 Å². The van der Waals surface area contributed by atoms with Gasteiger partial charge in [0.05, 0.1) is 6.54 Å². The van der Waals surface area contributed by atoms with Crippen molar-refractivity contribution in [2.75, 3.05) is 0 Å². The Morgan fingerprint density at radius 3 is 2.50 bits per heavy atom. The molecule has 5 nitrogen and oxygen atoms in total. The molecule has 0 saturated heterocycles. The van der Waals surface area contributed by atoms with Crippen LogP contribution in [0.4, 0.5) is 0 Å². The second-order valence-corrected chi connectivity index (χ2v) is 3.96. The first-order valence-corrected chi connectivity index (χ1v) is 5.47. The van der Waals surface area contributed by atoms with Crippen LogP contribution >= 0.6 is 0 Å². The van der Waals surface area contributed by atoms with Gasteiger partial charge in [-0.25, -0.2) is 4.79 Å². The predicted octanol–water partition coefficient (Wildman–Crippen LogP) is 0.728. The largest absolute Gasteiger partial charge is 0.328 e. The van der Waals surface area contributed by atoms with Crippen LogP contribution in [0.1, 0.15) is 16.1 Å². The van der Waals surface area contributed by atoms with Crippen LogP contribution in [0.3, 0.4) is 0 Å². The number of hydrogen-bond donors (Lipinski definition) is 1. The Morgan fingerprint density at radius 1 is 1.22 bits per heavy atom. The van der Waals surface area contributed by atoms with Gasteiger partial charge in [0.1, 0.15) is 0 Å². The zero-order valence-electron chi connectivity index (χ0n) is 9.84. The maximum Gasteiger partial charge on any atom is 0.328 e. The van der Waals surface area contributed by atoms with Gasteiger partial charge in [-0.2, -0.15) is 0 Å². The monoisotopic (exact) mass is 244 g/mol. The van der Waals surface area contributed by atoms with Crippen LogP contribution < -0.4 is 11.2 Å². The molecule has 0 fully saturated rings. The molecule has 0 aliphatic heterocycles.